The van der Waals surface area contributed by atoms with Gasteiger partial charge >= 0.3 is 6.03 Å². The summed E-state index contributed by atoms with van der Waals surface area (Å²) in [7, 11) is 0. The van der Waals surface area contributed by atoms with Gasteiger partial charge in [0.25, 0.3) is 0 Å². The number of piperidine rings is 1. The Morgan fingerprint density at radius 1 is 0.880 bits per heavy atom. The van der Waals surface area contributed by atoms with E-state index in [0.29, 0.717) is 6.04 Å². The Balaban J connectivity index is 1.32. The summed E-state index contributed by atoms with van der Waals surface area (Å²) in [5.41, 5.74) is 3.89. The quantitative estimate of drug-likeness (QED) is 0.930. The molecule has 0 saturated carbocycles. The maximum atomic E-state index is 11.8. The Labute approximate surface area is 149 Å². The number of amides is 2. The number of hydrogen-bond donors (Lipinski definition) is 1. The number of carbonyl (C=O) groups excluding carboxylic acids is 1. The lowest BCUT2D eigenvalue weighted by Crippen LogP contribution is -2.45. The molecule has 0 spiro atoms. The zero-order chi connectivity index (χ0) is 17.1. The topological polar surface area (TPSA) is 35.6 Å². The molecule has 0 aliphatic carbocycles. The van der Waals surface area contributed by atoms with Crippen molar-refractivity contribution in [1.82, 2.24) is 15.1 Å². The van der Waals surface area contributed by atoms with Crippen LogP contribution in [0.3, 0.4) is 0 Å². The van der Waals surface area contributed by atoms with Gasteiger partial charge in [-0.1, -0.05) is 54.6 Å². The Bertz CT molecular complexity index is 706. The normalized spacial score (nSPS) is 19.2. The standard InChI is InChI=1S/C21H25N3O/c25-21-22-12-15-24(21)20-10-13-23(14-11-20)16-17-6-8-19(9-7-17)18-4-2-1-3-5-18/h1-9,20H,10-16H2,(H,22,25). The van der Waals surface area contributed by atoms with Gasteiger partial charge in [0.05, 0.1) is 0 Å². The number of urea groups is 1. The maximum absolute atomic E-state index is 11.8. The third-order valence-corrected chi connectivity index (χ3v) is 5.35. The van der Waals surface area contributed by atoms with Gasteiger partial charge in [0.2, 0.25) is 0 Å². The maximum Gasteiger partial charge on any atom is 0.317 e. The second-order valence-corrected chi connectivity index (χ2v) is 7.00. The van der Waals surface area contributed by atoms with Gasteiger partial charge in [0, 0.05) is 38.8 Å². The molecule has 0 atom stereocenters. The van der Waals surface area contributed by atoms with Crippen LogP contribution in [0.15, 0.2) is 54.6 Å². The van der Waals surface area contributed by atoms with Crippen molar-refractivity contribution in [3.8, 4) is 11.1 Å². The van der Waals surface area contributed by atoms with Gasteiger partial charge in [-0.2, -0.15) is 0 Å². The summed E-state index contributed by atoms with van der Waals surface area (Å²) in [5, 5.41) is 2.91. The molecule has 0 radical (unpaired) electrons. The van der Waals surface area contributed by atoms with Crippen molar-refractivity contribution in [1.29, 1.82) is 0 Å². The van der Waals surface area contributed by atoms with E-state index in [1.54, 1.807) is 0 Å². The highest BCUT2D eigenvalue weighted by Gasteiger charge is 2.30. The first kappa shape index (κ1) is 16.2. The van der Waals surface area contributed by atoms with E-state index >= 15 is 0 Å². The van der Waals surface area contributed by atoms with Gasteiger partial charge in [-0.15, -0.1) is 0 Å². The van der Waals surface area contributed by atoms with Gasteiger partial charge in [-0.25, -0.2) is 4.79 Å². The molecule has 2 aliphatic heterocycles. The van der Waals surface area contributed by atoms with Crippen molar-refractivity contribution < 1.29 is 4.79 Å². The van der Waals surface area contributed by atoms with Crippen LogP contribution in [0.4, 0.5) is 4.79 Å². The second kappa shape index (κ2) is 7.28. The van der Waals surface area contributed by atoms with E-state index in [1.807, 2.05) is 11.0 Å². The van der Waals surface area contributed by atoms with Gasteiger partial charge in [0.15, 0.2) is 0 Å². The molecule has 2 heterocycles. The second-order valence-electron chi connectivity index (χ2n) is 7.00. The van der Waals surface area contributed by atoms with Gasteiger partial charge < -0.3 is 10.2 Å². The molecule has 2 amide bonds. The van der Waals surface area contributed by atoms with Crippen LogP contribution in [-0.2, 0) is 6.54 Å². The van der Waals surface area contributed by atoms with E-state index in [-0.39, 0.29) is 6.03 Å². The lowest BCUT2D eigenvalue weighted by Gasteiger charge is -2.36. The van der Waals surface area contributed by atoms with E-state index in [9.17, 15) is 4.79 Å². The minimum Gasteiger partial charge on any atom is -0.336 e. The fourth-order valence-electron chi connectivity index (χ4n) is 3.92. The third-order valence-electron chi connectivity index (χ3n) is 5.35. The van der Waals surface area contributed by atoms with Crippen LogP contribution >= 0.6 is 0 Å². The number of nitrogens with zero attached hydrogens (tertiary/aromatic N) is 2. The monoisotopic (exact) mass is 335 g/mol. The lowest BCUT2D eigenvalue weighted by atomic mass is 10.0. The number of rotatable bonds is 4. The molecular weight excluding hydrogens is 310 g/mol. The molecule has 2 aromatic rings. The summed E-state index contributed by atoms with van der Waals surface area (Å²) in [6, 6.07) is 19.9. The van der Waals surface area contributed by atoms with Crippen LogP contribution in [0.1, 0.15) is 18.4 Å². The van der Waals surface area contributed by atoms with Crippen molar-refractivity contribution in [2.75, 3.05) is 26.2 Å². The van der Waals surface area contributed by atoms with Crippen molar-refractivity contribution >= 4 is 6.03 Å². The Kier molecular flexibility index (Phi) is 4.70. The van der Waals surface area contributed by atoms with E-state index < -0.39 is 0 Å². The molecule has 4 rings (SSSR count). The summed E-state index contributed by atoms with van der Waals surface area (Å²) in [5.74, 6) is 0. The smallest absolute Gasteiger partial charge is 0.317 e. The molecule has 2 aliphatic rings. The average Bonchev–Trinajstić information content (AvgIpc) is 3.10. The van der Waals surface area contributed by atoms with Crippen LogP contribution in [0.25, 0.3) is 11.1 Å². The molecule has 130 valence electrons. The van der Waals surface area contributed by atoms with Crippen molar-refractivity contribution in [2.45, 2.75) is 25.4 Å². The van der Waals surface area contributed by atoms with Crippen LogP contribution < -0.4 is 5.32 Å². The van der Waals surface area contributed by atoms with Gasteiger partial charge in [0.1, 0.15) is 0 Å². The number of benzene rings is 2. The first-order chi connectivity index (χ1) is 12.3. The molecule has 4 nitrogen and oxygen atoms in total. The minimum atomic E-state index is 0.120. The largest absolute Gasteiger partial charge is 0.336 e. The van der Waals surface area contributed by atoms with Crippen molar-refractivity contribution in [3.05, 3.63) is 60.2 Å². The predicted octanol–water partition coefficient (Wildman–Crippen LogP) is 3.34. The summed E-state index contributed by atoms with van der Waals surface area (Å²) in [6.45, 7) is 4.79. The fraction of sp³-hybridized carbons (Fsp3) is 0.381. The molecule has 0 aromatic heterocycles. The van der Waals surface area contributed by atoms with Crippen LogP contribution in [0, 0.1) is 0 Å². The molecule has 2 saturated heterocycles. The SMILES string of the molecule is O=C1NCCN1C1CCN(Cc2ccc(-c3ccccc3)cc2)CC1. The van der Waals surface area contributed by atoms with E-state index in [0.717, 1.165) is 45.6 Å². The highest BCUT2D eigenvalue weighted by molar-refractivity contribution is 5.76. The number of likely N-dealkylation sites (tertiary alicyclic amines) is 1. The van der Waals surface area contributed by atoms with E-state index in [2.05, 4.69) is 58.7 Å². The summed E-state index contributed by atoms with van der Waals surface area (Å²) in [6.07, 6.45) is 2.16. The van der Waals surface area contributed by atoms with Crippen LogP contribution in [0.2, 0.25) is 0 Å². The summed E-state index contributed by atoms with van der Waals surface area (Å²) < 4.78 is 0. The minimum absolute atomic E-state index is 0.120. The van der Waals surface area contributed by atoms with E-state index in [4.69, 9.17) is 0 Å². The van der Waals surface area contributed by atoms with Gasteiger partial charge in [-0.05, 0) is 29.5 Å². The zero-order valence-electron chi connectivity index (χ0n) is 14.5. The number of nitrogens with one attached hydrogen (secondary N) is 1. The first-order valence-electron chi connectivity index (χ1n) is 9.21. The van der Waals surface area contributed by atoms with Gasteiger partial charge in [-0.3, -0.25) is 4.90 Å². The summed E-state index contributed by atoms with van der Waals surface area (Å²) in [4.78, 5) is 16.3. The molecular formula is C21H25N3O. The predicted molar refractivity (Wildman–Crippen MR) is 100 cm³/mol. The fourth-order valence-corrected chi connectivity index (χ4v) is 3.92. The Morgan fingerprint density at radius 2 is 1.56 bits per heavy atom. The lowest BCUT2D eigenvalue weighted by molar-refractivity contribution is 0.132. The van der Waals surface area contributed by atoms with Crippen molar-refractivity contribution in [2.24, 2.45) is 0 Å². The number of carbonyl (C=O) groups is 1. The highest BCUT2D eigenvalue weighted by Crippen LogP contribution is 2.22. The molecule has 2 fully saturated rings. The Morgan fingerprint density at radius 3 is 2.20 bits per heavy atom. The number of hydrogen-bond acceptors (Lipinski definition) is 2. The third kappa shape index (κ3) is 3.69. The van der Waals surface area contributed by atoms with E-state index in [1.165, 1.54) is 16.7 Å². The molecule has 2 aromatic carbocycles. The zero-order valence-corrected chi connectivity index (χ0v) is 14.5. The Hall–Kier alpha value is -2.33. The summed E-state index contributed by atoms with van der Waals surface area (Å²) >= 11 is 0. The van der Waals surface area contributed by atoms with Crippen LogP contribution in [-0.4, -0.2) is 48.1 Å². The highest BCUT2D eigenvalue weighted by atomic mass is 16.2. The van der Waals surface area contributed by atoms with Crippen molar-refractivity contribution in [3.63, 3.8) is 0 Å². The molecule has 0 unspecified atom stereocenters. The van der Waals surface area contributed by atoms with Crippen LogP contribution in [0.5, 0.6) is 0 Å². The average molecular weight is 335 g/mol. The molecule has 1 N–H and O–H groups in total. The molecule has 4 heteroatoms. The molecule has 25 heavy (non-hydrogen) atoms. The first-order valence-corrected chi connectivity index (χ1v) is 9.21. The molecule has 0 bridgehead atoms.